The van der Waals surface area contributed by atoms with E-state index in [1.807, 2.05) is 0 Å². The van der Waals surface area contributed by atoms with E-state index in [0.717, 1.165) is 37.0 Å². The largest absolute Gasteiger partial charge is 0 e. The molecule has 0 aromatic carbocycles. The molecule has 0 rings (SSSR count). The third-order valence-corrected chi connectivity index (χ3v) is 8.38. The van der Waals surface area contributed by atoms with Gasteiger partial charge in [-0.1, -0.05) is 0 Å². The summed E-state index contributed by atoms with van der Waals surface area (Å²) in [6, 6.07) is 12.6. The molecule has 13 heteroatoms. The Kier molecular flexibility index (Phi) is 89.5. The smallest absolute Gasteiger partial charge is 0 e. The van der Waals surface area contributed by atoms with Crippen molar-refractivity contribution in [3.05, 3.63) is 26.6 Å². The van der Waals surface area contributed by atoms with Crippen LogP contribution in [0.3, 0.4) is 0 Å². The third-order valence-electron chi connectivity index (χ3n) is 3.24. The summed E-state index contributed by atoms with van der Waals surface area (Å²) in [5, 5.41) is 50.4. The van der Waals surface area contributed by atoms with Gasteiger partial charge in [-0.05, 0) is 37.0 Å². The summed E-state index contributed by atoms with van der Waals surface area (Å²) < 4.78 is 30.0. The second-order valence-corrected chi connectivity index (χ2v) is 10.5. The standard InChI is InChI=1S/2C9H12N3P.4CO.Cr/c2*10-4-1-7-13(8-2-5-11)9-3-6-12;4*1-2;/h2*1-3,7-9H2;;;;;. The van der Waals surface area contributed by atoms with Crippen LogP contribution < -0.4 is 0 Å². The van der Waals surface area contributed by atoms with Crippen LogP contribution in [0.5, 0.6) is 0 Å². The molecule has 0 saturated carbocycles. The second kappa shape index (κ2) is 63.3. The Labute approximate surface area is 221 Å². The van der Waals surface area contributed by atoms with Gasteiger partial charge >= 0.3 is 45.2 Å². The molecule has 0 bridgehead atoms. The summed E-state index contributed by atoms with van der Waals surface area (Å²) in [4.78, 5) is 0. The average Bonchev–Trinajstić information content (AvgIpc) is 2.92. The first kappa shape index (κ1) is 49.4. The molecular formula is C22H24CrN6O4P2. The van der Waals surface area contributed by atoms with Crippen molar-refractivity contribution in [1.82, 2.24) is 0 Å². The Balaban J connectivity index is -0.0000000679. The fraction of sp³-hybridized carbons (Fsp3) is 0.545. The van der Waals surface area contributed by atoms with Gasteiger partial charge in [-0.15, -0.1) is 15.8 Å². The molecule has 0 fully saturated rings. The molecular weight excluding hydrogens is 526 g/mol. The minimum absolute atomic E-state index is 0. The minimum Gasteiger partial charge on any atom is 0 e. The molecule has 0 saturated heterocycles. The van der Waals surface area contributed by atoms with Gasteiger partial charge in [-0.25, -0.2) is 0 Å². The van der Waals surface area contributed by atoms with Crippen LogP contribution in [0.1, 0.15) is 38.5 Å². The van der Waals surface area contributed by atoms with Gasteiger partial charge in [0.05, 0.1) is 36.4 Å². The summed E-state index contributed by atoms with van der Waals surface area (Å²) >= 11 is 0. The fourth-order valence-electron chi connectivity index (χ4n) is 1.92. The van der Waals surface area contributed by atoms with E-state index in [0.29, 0.717) is 38.5 Å². The molecule has 0 aromatic rings. The van der Waals surface area contributed by atoms with Crippen molar-refractivity contribution in [3.63, 3.8) is 0 Å². The molecule has 0 aliphatic carbocycles. The van der Waals surface area contributed by atoms with E-state index >= 15 is 0 Å². The van der Waals surface area contributed by atoms with Gasteiger partial charge in [0.15, 0.2) is 0 Å². The van der Waals surface area contributed by atoms with Crippen molar-refractivity contribution in [2.75, 3.05) is 37.0 Å². The SMILES string of the molecule is N#CCCP(CCC#N)CCC#N.N#CCCP(CCC#N)CCC#N.[C-]#[O+].[C-]#[O+].[C-]#[O+].[C-]#[O+].[Cr]. The number of hydrogen-bond donors (Lipinski definition) is 0. The maximum Gasteiger partial charge on any atom is 0 e. The maximum atomic E-state index is 8.40. The first-order valence-electron chi connectivity index (χ1n) is 9.18. The molecule has 0 heterocycles. The van der Waals surface area contributed by atoms with Crippen molar-refractivity contribution in [3.8, 4) is 36.4 Å². The van der Waals surface area contributed by atoms with Crippen LogP contribution in [-0.2, 0) is 36.0 Å². The second-order valence-electron chi connectivity index (χ2n) is 5.13. The molecule has 0 spiro atoms. The molecule has 0 aliphatic rings. The van der Waals surface area contributed by atoms with Gasteiger partial charge in [-0.3, -0.25) is 0 Å². The van der Waals surface area contributed by atoms with Crippen molar-refractivity contribution < 1.29 is 36.0 Å². The summed E-state index contributed by atoms with van der Waals surface area (Å²) in [5.74, 6) is 0. The number of rotatable bonds is 12. The van der Waals surface area contributed by atoms with Gasteiger partial charge in [-0.2, -0.15) is 31.6 Å². The van der Waals surface area contributed by atoms with Crippen LogP contribution in [0.15, 0.2) is 0 Å². The zero-order valence-electron chi connectivity index (χ0n) is 19.1. The summed E-state index contributed by atoms with van der Waals surface area (Å²) in [6.45, 7) is 18.0. The van der Waals surface area contributed by atoms with Crippen molar-refractivity contribution in [2.45, 2.75) is 38.5 Å². The zero-order valence-corrected chi connectivity index (χ0v) is 22.2. The van der Waals surface area contributed by atoms with Gasteiger partial charge < -0.3 is 0 Å². The van der Waals surface area contributed by atoms with E-state index < -0.39 is 0 Å². The third kappa shape index (κ3) is 59.2. The summed E-state index contributed by atoms with van der Waals surface area (Å²) in [5.41, 5.74) is 0. The fourth-order valence-corrected chi connectivity index (χ4v) is 5.76. The van der Waals surface area contributed by atoms with Gasteiger partial charge in [0.1, 0.15) is 0 Å². The van der Waals surface area contributed by atoms with E-state index in [1.165, 1.54) is 0 Å². The normalized spacial score (nSPS) is 6.74. The van der Waals surface area contributed by atoms with Crippen LogP contribution in [0.25, 0.3) is 0 Å². The Bertz CT molecular complexity index is 614. The van der Waals surface area contributed by atoms with Crippen LogP contribution in [0, 0.1) is 94.6 Å². The Morgan fingerprint density at radius 3 is 0.571 bits per heavy atom. The van der Waals surface area contributed by atoms with Gasteiger partial charge in [0.2, 0.25) is 0 Å². The molecule has 0 N–H and O–H groups in total. The average molecular weight is 550 g/mol. The number of hydrogen-bond acceptors (Lipinski definition) is 6. The van der Waals surface area contributed by atoms with Crippen LogP contribution >= 0.6 is 15.8 Å². The molecule has 10 nitrogen and oxygen atoms in total. The predicted octanol–water partition coefficient (Wildman–Crippen LogP) is 4.27. The van der Waals surface area contributed by atoms with Gasteiger partial charge in [0.25, 0.3) is 0 Å². The van der Waals surface area contributed by atoms with Crippen LogP contribution in [0.4, 0.5) is 0 Å². The Morgan fingerprint density at radius 2 is 0.486 bits per heavy atom. The van der Waals surface area contributed by atoms with Gasteiger partial charge in [0, 0.05) is 55.9 Å². The monoisotopic (exact) mass is 550 g/mol. The Morgan fingerprint density at radius 1 is 0.371 bits per heavy atom. The molecule has 35 heavy (non-hydrogen) atoms. The van der Waals surface area contributed by atoms with E-state index in [-0.39, 0.29) is 33.2 Å². The van der Waals surface area contributed by atoms with Crippen molar-refractivity contribution in [2.24, 2.45) is 0 Å². The topological polar surface area (TPSA) is 222 Å². The molecule has 0 amide bonds. The first-order chi connectivity index (χ1) is 16.7. The van der Waals surface area contributed by atoms with Crippen molar-refractivity contribution in [1.29, 1.82) is 31.6 Å². The maximum absolute atomic E-state index is 8.40. The minimum atomic E-state index is -0.246. The van der Waals surface area contributed by atoms with E-state index in [2.05, 4.69) is 63.0 Å². The van der Waals surface area contributed by atoms with E-state index in [1.54, 1.807) is 0 Å². The predicted molar refractivity (Wildman–Crippen MR) is 120 cm³/mol. The quantitative estimate of drug-likeness (QED) is 0.196. The first-order valence-corrected chi connectivity index (χ1v) is 13.0. The molecule has 0 aromatic heterocycles. The molecule has 0 atom stereocenters. The molecule has 182 valence electrons. The number of nitrogens with zero attached hydrogens (tertiary/aromatic N) is 6. The summed E-state index contributed by atoms with van der Waals surface area (Å²) in [7, 11) is -0.492. The van der Waals surface area contributed by atoms with Crippen LogP contribution in [-0.4, -0.2) is 37.0 Å². The molecule has 0 unspecified atom stereocenters. The summed E-state index contributed by atoms with van der Waals surface area (Å²) in [6.07, 6.45) is 8.65. The number of nitriles is 6. The van der Waals surface area contributed by atoms with Crippen LogP contribution in [0.2, 0.25) is 0 Å². The Hall–Kier alpha value is -2.71. The zero-order chi connectivity index (χ0) is 27.9. The van der Waals surface area contributed by atoms with E-state index in [4.69, 9.17) is 50.2 Å². The van der Waals surface area contributed by atoms with Crippen molar-refractivity contribution >= 4 is 15.8 Å². The van der Waals surface area contributed by atoms with E-state index in [9.17, 15) is 0 Å². The molecule has 0 aliphatic heterocycles. The molecule has 0 radical (unpaired) electrons.